The SMILES string of the molecule is O=C(Nc1cc2c(cc1Br)OCCO2)n1ccnc1. The molecule has 0 unspecified atom stereocenters. The number of amides is 1. The van der Waals surface area contributed by atoms with Gasteiger partial charge >= 0.3 is 6.03 Å². The summed E-state index contributed by atoms with van der Waals surface area (Å²) in [6.07, 6.45) is 4.54. The van der Waals surface area contributed by atoms with Gasteiger partial charge in [0.05, 0.1) is 5.69 Å². The average Bonchev–Trinajstić information content (AvgIpc) is 2.93. The minimum absolute atomic E-state index is 0.296. The Morgan fingerprint density at radius 1 is 1.32 bits per heavy atom. The van der Waals surface area contributed by atoms with Crippen molar-refractivity contribution in [2.24, 2.45) is 0 Å². The van der Waals surface area contributed by atoms with Crippen molar-refractivity contribution in [1.82, 2.24) is 9.55 Å². The number of ether oxygens (including phenoxy) is 2. The summed E-state index contributed by atoms with van der Waals surface area (Å²) in [6, 6.07) is 3.21. The zero-order valence-electron chi connectivity index (χ0n) is 9.80. The third kappa shape index (κ3) is 2.41. The molecule has 0 saturated carbocycles. The lowest BCUT2D eigenvalue weighted by Crippen LogP contribution is -2.19. The highest BCUT2D eigenvalue weighted by atomic mass is 79.9. The summed E-state index contributed by atoms with van der Waals surface area (Å²) in [5.74, 6) is 1.29. The normalized spacial score (nSPS) is 13.1. The third-order valence-electron chi connectivity index (χ3n) is 2.61. The molecule has 0 saturated heterocycles. The largest absolute Gasteiger partial charge is 0.486 e. The molecule has 1 aliphatic heterocycles. The zero-order chi connectivity index (χ0) is 13.2. The summed E-state index contributed by atoms with van der Waals surface area (Å²) in [5.41, 5.74) is 0.614. The number of halogens is 1. The second-order valence-electron chi connectivity index (χ2n) is 3.88. The van der Waals surface area contributed by atoms with Crippen LogP contribution in [0.15, 0.2) is 35.3 Å². The molecular formula is C12H10BrN3O3. The van der Waals surface area contributed by atoms with E-state index in [-0.39, 0.29) is 6.03 Å². The van der Waals surface area contributed by atoms with E-state index in [1.807, 2.05) is 0 Å². The predicted octanol–water partition coefficient (Wildman–Crippen LogP) is 2.50. The Morgan fingerprint density at radius 3 is 2.74 bits per heavy atom. The van der Waals surface area contributed by atoms with Gasteiger partial charge in [0.25, 0.3) is 0 Å². The second-order valence-corrected chi connectivity index (χ2v) is 4.73. The average molecular weight is 324 g/mol. The van der Waals surface area contributed by atoms with E-state index in [1.54, 1.807) is 24.5 Å². The van der Waals surface area contributed by atoms with E-state index in [0.717, 1.165) is 4.47 Å². The molecule has 0 fully saturated rings. The van der Waals surface area contributed by atoms with Crippen LogP contribution in [0, 0.1) is 0 Å². The Bertz CT molecular complexity index is 613. The van der Waals surface area contributed by atoms with Gasteiger partial charge in [-0.15, -0.1) is 0 Å². The van der Waals surface area contributed by atoms with Gasteiger partial charge in [-0.1, -0.05) is 0 Å². The smallest absolute Gasteiger partial charge is 0.331 e. The van der Waals surface area contributed by atoms with Gasteiger partial charge in [-0.25, -0.2) is 9.78 Å². The number of rotatable bonds is 1. The molecule has 0 atom stereocenters. The minimum Gasteiger partial charge on any atom is -0.486 e. The molecular weight excluding hydrogens is 314 g/mol. The Morgan fingerprint density at radius 2 is 2.05 bits per heavy atom. The fourth-order valence-corrected chi connectivity index (χ4v) is 2.14. The van der Waals surface area contributed by atoms with E-state index in [4.69, 9.17) is 9.47 Å². The molecule has 0 radical (unpaired) electrons. The van der Waals surface area contributed by atoms with Gasteiger partial charge in [-0.05, 0) is 15.9 Å². The summed E-state index contributed by atoms with van der Waals surface area (Å²) in [5, 5.41) is 2.76. The number of benzene rings is 1. The predicted molar refractivity (Wildman–Crippen MR) is 71.8 cm³/mol. The summed E-state index contributed by atoms with van der Waals surface area (Å²) in [6.45, 7) is 1.03. The van der Waals surface area contributed by atoms with Crippen LogP contribution in [-0.2, 0) is 0 Å². The first-order chi connectivity index (χ1) is 9.24. The van der Waals surface area contributed by atoms with Crippen LogP contribution < -0.4 is 14.8 Å². The number of carbonyl (C=O) groups excluding carboxylic acids is 1. The summed E-state index contributed by atoms with van der Waals surface area (Å²) in [4.78, 5) is 15.7. The molecule has 3 rings (SSSR count). The molecule has 98 valence electrons. The minimum atomic E-state index is -0.296. The molecule has 2 aromatic rings. The van der Waals surface area contributed by atoms with Crippen molar-refractivity contribution >= 4 is 27.6 Å². The highest BCUT2D eigenvalue weighted by Gasteiger charge is 2.16. The molecule has 1 amide bonds. The maximum absolute atomic E-state index is 11.9. The van der Waals surface area contributed by atoms with E-state index < -0.39 is 0 Å². The highest BCUT2D eigenvalue weighted by molar-refractivity contribution is 9.10. The van der Waals surface area contributed by atoms with Gasteiger partial charge in [-0.2, -0.15) is 0 Å². The molecule has 1 aromatic carbocycles. The van der Waals surface area contributed by atoms with Crippen molar-refractivity contribution in [3.05, 3.63) is 35.3 Å². The number of carbonyl (C=O) groups is 1. The second kappa shape index (κ2) is 4.93. The molecule has 1 aromatic heterocycles. The lowest BCUT2D eigenvalue weighted by molar-refractivity contribution is 0.171. The molecule has 1 N–H and O–H groups in total. The Labute approximate surface area is 117 Å². The topological polar surface area (TPSA) is 65.4 Å². The summed E-state index contributed by atoms with van der Waals surface area (Å²) in [7, 11) is 0. The van der Waals surface area contributed by atoms with Crippen LogP contribution >= 0.6 is 15.9 Å². The van der Waals surface area contributed by atoms with Crippen LogP contribution in [0.2, 0.25) is 0 Å². The number of nitrogens with zero attached hydrogens (tertiary/aromatic N) is 2. The fraction of sp³-hybridized carbons (Fsp3) is 0.167. The van der Waals surface area contributed by atoms with E-state index >= 15 is 0 Å². The quantitative estimate of drug-likeness (QED) is 0.875. The highest BCUT2D eigenvalue weighted by Crippen LogP contribution is 2.38. The fourth-order valence-electron chi connectivity index (χ4n) is 1.72. The number of nitrogens with one attached hydrogen (secondary N) is 1. The molecule has 0 aliphatic carbocycles. The van der Waals surface area contributed by atoms with E-state index in [2.05, 4.69) is 26.2 Å². The van der Waals surface area contributed by atoms with Crippen LogP contribution in [0.1, 0.15) is 0 Å². The van der Waals surface area contributed by atoms with Crippen LogP contribution in [-0.4, -0.2) is 28.8 Å². The summed E-state index contributed by atoms with van der Waals surface area (Å²) < 4.78 is 13.0. The van der Waals surface area contributed by atoms with Gasteiger partial charge in [0.1, 0.15) is 19.5 Å². The van der Waals surface area contributed by atoms with Crippen molar-refractivity contribution < 1.29 is 14.3 Å². The van der Waals surface area contributed by atoms with Gasteiger partial charge in [0.15, 0.2) is 11.5 Å². The first-order valence-electron chi connectivity index (χ1n) is 5.62. The molecule has 7 heteroatoms. The van der Waals surface area contributed by atoms with Crippen molar-refractivity contribution in [1.29, 1.82) is 0 Å². The zero-order valence-corrected chi connectivity index (χ0v) is 11.4. The number of aromatic nitrogens is 2. The van der Waals surface area contributed by atoms with Crippen LogP contribution in [0.25, 0.3) is 0 Å². The molecule has 1 aliphatic rings. The van der Waals surface area contributed by atoms with E-state index in [9.17, 15) is 4.79 Å². The summed E-state index contributed by atoms with van der Waals surface area (Å²) >= 11 is 3.39. The van der Waals surface area contributed by atoms with Gasteiger partial charge in [0.2, 0.25) is 0 Å². The standard InChI is InChI=1S/C12H10BrN3O3/c13-8-5-10-11(19-4-3-18-10)6-9(8)15-12(17)16-2-1-14-7-16/h1-2,5-7H,3-4H2,(H,15,17). The molecule has 2 heterocycles. The van der Waals surface area contributed by atoms with Crippen molar-refractivity contribution in [2.75, 3.05) is 18.5 Å². The third-order valence-corrected chi connectivity index (χ3v) is 3.27. The van der Waals surface area contributed by atoms with Gasteiger partial charge < -0.3 is 14.8 Å². The maximum Gasteiger partial charge on any atom is 0.331 e. The number of hydrogen-bond acceptors (Lipinski definition) is 4. The number of hydrogen-bond donors (Lipinski definition) is 1. The van der Waals surface area contributed by atoms with Crippen LogP contribution in [0.4, 0.5) is 10.5 Å². The Balaban J connectivity index is 1.87. The first kappa shape index (κ1) is 12.0. The number of anilines is 1. The lowest BCUT2D eigenvalue weighted by atomic mass is 10.2. The molecule has 19 heavy (non-hydrogen) atoms. The monoisotopic (exact) mass is 323 g/mol. The van der Waals surface area contributed by atoms with Crippen molar-refractivity contribution in [3.8, 4) is 11.5 Å². The lowest BCUT2D eigenvalue weighted by Gasteiger charge is -2.20. The van der Waals surface area contributed by atoms with E-state index in [0.29, 0.717) is 30.4 Å². The molecule has 0 spiro atoms. The molecule has 0 bridgehead atoms. The number of fused-ring (bicyclic) bond motifs is 1. The number of imidazole rings is 1. The molecule has 6 nitrogen and oxygen atoms in total. The maximum atomic E-state index is 11.9. The van der Waals surface area contributed by atoms with Gasteiger partial charge in [-0.3, -0.25) is 4.57 Å². The Hall–Kier alpha value is -2.02. The van der Waals surface area contributed by atoms with Crippen LogP contribution in [0.3, 0.4) is 0 Å². The Kier molecular flexibility index (Phi) is 3.12. The van der Waals surface area contributed by atoms with E-state index in [1.165, 1.54) is 10.9 Å². The van der Waals surface area contributed by atoms with Crippen LogP contribution in [0.5, 0.6) is 11.5 Å². The van der Waals surface area contributed by atoms with Crippen molar-refractivity contribution in [2.45, 2.75) is 0 Å². The van der Waals surface area contributed by atoms with Gasteiger partial charge in [0, 0.05) is 29.0 Å². The first-order valence-corrected chi connectivity index (χ1v) is 6.42. The van der Waals surface area contributed by atoms with Crippen molar-refractivity contribution in [3.63, 3.8) is 0 Å².